The van der Waals surface area contributed by atoms with Crippen molar-refractivity contribution in [1.82, 2.24) is 0 Å². The van der Waals surface area contributed by atoms with E-state index in [1.54, 1.807) is 0 Å². The van der Waals surface area contributed by atoms with E-state index in [9.17, 15) is 9.59 Å². The largest absolute Gasteiger partial charge is 0.456 e. The molecule has 0 amide bonds. The van der Waals surface area contributed by atoms with Crippen molar-refractivity contribution in [3.63, 3.8) is 0 Å². The summed E-state index contributed by atoms with van der Waals surface area (Å²) in [6.07, 6.45) is 0. The van der Waals surface area contributed by atoms with Gasteiger partial charge in [0, 0.05) is 0 Å². The van der Waals surface area contributed by atoms with Crippen LogP contribution in [0.2, 0.25) is 0 Å². The summed E-state index contributed by atoms with van der Waals surface area (Å²) in [6.45, 7) is 2.72. The van der Waals surface area contributed by atoms with Crippen LogP contribution in [0, 0.1) is 0 Å². The minimum atomic E-state index is -0.703. The van der Waals surface area contributed by atoms with Crippen molar-refractivity contribution in [3.05, 3.63) is 0 Å². The molecule has 70 valence electrons. The number of hydrogen-bond donors (Lipinski definition) is 2. The van der Waals surface area contributed by atoms with E-state index in [0.29, 0.717) is 0 Å². The monoisotopic (exact) mass is 174 g/mol. The summed E-state index contributed by atoms with van der Waals surface area (Å²) in [7, 11) is 0. The van der Waals surface area contributed by atoms with E-state index >= 15 is 0 Å². The van der Waals surface area contributed by atoms with Gasteiger partial charge in [0.1, 0.15) is 6.04 Å². The lowest BCUT2D eigenvalue weighted by Gasteiger charge is -2.07. The number of ether oxygens (including phenoxy) is 1. The Morgan fingerprint density at radius 2 is 1.75 bits per heavy atom. The topological polar surface area (TPSA) is 95.4 Å². The van der Waals surface area contributed by atoms with Gasteiger partial charge in [0.2, 0.25) is 0 Å². The Morgan fingerprint density at radius 1 is 1.25 bits per heavy atom. The van der Waals surface area contributed by atoms with Gasteiger partial charge in [0.25, 0.3) is 0 Å². The molecule has 0 aromatic heterocycles. The second kappa shape index (κ2) is 4.84. The van der Waals surface area contributed by atoms with Crippen LogP contribution in [0.15, 0.2) is 0 Å². The minimum absolute atomic E-state index is 0.294. The maximum Gasteiger partial charge on any atom is 0.323 e. The van der Waals surface area contributed by atoms with Crippen LogP contribution in [0.1, 0.15) is 13.8 Å². The molecule has 5 nitrogen and oxygen atoms in total. The number of rotatable bonds is 4. The summed E-state index contributed by atoms with van der Waals surface area (Å²) in [6, 6.07) is -1.31. The highest BCUT2D eigenvalue weighted by Gasteiger charge is 2.13. The maximum absolute atomic E-state index is 10.8. The van der Waals surface area contributed by atoms with Crippen LogP contribution in [-0.4, -0.2) is 30.4 Å². The van der Waals surface area contributed by atoms with Crippen LogP contribution in [0.25, 0.3) is 0 Å². The number of esters is 1. The molecule has 2 unspecified atom stereocenters. The number of carbonyl (C=O) groups is 2. The zero-order valence-corrected chi connectivity index (χ0v) is 7.24. The molecule has 4 N–H and O–H groups in total. The van der Waals surface area contributed by atoms with Gasteiger partial charge in [-0.15, -0.1) is 0 Å². The van der Waals surface area contributed by atoms with Crippen molar-refractivity contribution in [2.45, 2.75) is 25.9 Å². The van der Waals surface area contributed by atoms with E-state index in [0.717, 1.165) is 0 Å². The van der Waals surface area contributed by atoms with Gasteiger partial charge in [-0.05, 0) is 13.8 Å². The van der Waals surface area contributed by atoms with Gasteiger partial charge in [-0.3, -0.25) is 9.59 Å². The lowest BCUT2D eigenvalue weighted by Crippen LogP contribution is -2.35. The highest BCUT2D eigenvalue weighted by atomic mass is 16.5. The first-order valence-electron chi connectivity index (χ1n) is 3.65. The molecule has 0 radical (unpaired) electrons. The molecule has 0 rings (SSSR count). The predicted molar refractivity (Wildman–Crippen MR) is 43.3 cm³/mol. The number of Topliss-reactive ketones (excluding diaryl/α,β-unsaturated/α-hetero) is 1. The van der Waals surface area contributed by atoms with Crippen LogP contribution in [-0.2, 0) is 14.3 Å². The van der Waals surface area contributed by atoms with Gasteiger partial charge in [-0.1, -0.05) is 0 Å². The average Bonchev–Trinajstić information content (AvgIpc) is 1.98. The Labute approximate surface area is 71.0 Å². The molecule has 0 saturated heterocycles. The molecule has 0 aliphatic carbocycles. The van der Waals surface area contributed by atoms with Gasteiger partial charge in [0.15, 0.2) is 12.4 Å². The van der Waals surface area contributed by atoms with Crippen molar-refractivity contribution in [2.24, 2.45) is 11.5 Å². The molecule has 0 heterocycles. The van der Waals surface area contributed by atoms with Crippen molar-refractivity contribution in [1.29, 1.82) is 0 Å². The summed E-state index contributed by atoms with van der Waals surface area (Å²) in [5.41, 5.74) is 10.4. The average molecular weight is 174 g/mol. The smallest absolute Gasteiger partial charge is 0.323 e. The first-order chi connectivity index (χ1) is 5.45. The van der Waals surface area contributed by atoms with Crippen LogP contribution in [0.5, 0.6) is 0 Å². The molecule has 0 aliphatic heterocycles. The first-order valence-corrected chi connectivity index (χ1v) is 3.65. The molecule has 0 aromatic rings. The van der Waals surface area contributed by atoms with Gasteiger partial charge in [-0.25, -0.2) is 0 Å². The molecule has 0 aromatic carbocycles. The van der Waals surface area contributed by atoms with Gasteiger partial charge in [0.05, 0.1) is 6.04 Å². The molecule has 5 heteroatoms. The number of carbonyl (C=O) groups excluding carboxylic acids is 2. The number of ketones is 1. The van der Waals surface area contributed by atoms with Crippen molar-refractivity contribution >= 4 is 11.8 Å². The van der Waals surface area contributed by atoms with Crippen LogP contribution < -0.4 is 11.5 Å². The van der Waals surface area contributed by atoms with E-state index in [-0.39, 0.29) is 12.4 Å². The summed E-state index contributed by atoms with van der Waals surface area (Å²) < 4.78 is 4.53. The van der Waals surface area contributed by atoms with Crippen LogP contribution in [0.4, 0.5) is 0 Å². The molecule has 0 bridgehead atoms. The second-order valence-corrected chi connectivity index (χ2v) is 2.65. The predicted octanol–water partition coefficient (Wildman–Crippen LogP) is -1.21. The van der Waals surface area contributed by atoms with E-state index in [2.05, 4.69) is 4.74 Å². The second-order valence-electron chi connectivity index (χ2n) is 2.65. The molecule has 0 saturated carbocycles. The van der Waals surface area contributed by atoms with Gasteiger partial charge in [-0.2, -0.15) is 0 Å². The Morgan fingerprint density at radius 3 is 2.08 bits per heavy atom. The maximum atomic E-state index is 10.8. The highest BCUT2D eigenvalue weighted by Crippen LogP contribution is 1.87. The molecule has 2 atom stereocenters. The molecule has 0 aliphatic rings. The SMILES string of the molecule is CC(N)C(=O)COC(=O)C(C)N. The molecular weight excluding hydrogens is 160 g/mol. The molecular formula is C7H14N2O3. The number of nitrogens with two attached hydrogens (primary N) is 2. The van der Waals surface area contributed by atoms with E-state index in [4.69, 9.17) is 11.5 Å². The quantitative estimate of drug-likeness (QED) is 0.521. The summed E-state index contributed by atoms with van der Waals surface area (Å²) in [5.74, 6) is -0.909. The molecule has 12 heavy (non-hydrogen) atoms. The van der Waals surface area contributed by atoms with E-state index in [1.165, 1.54) is 13.8 Å². The Balaban J connectivity index is 3.69. The zero-order valence-electron chi connectivity index (χ0n) is 7.24. The first kappa shape index (κ1) is 11.1. The zero-order chi connectivity index (χ0) is 9.72. The fraction of sp³-hybridized carbons (Fsp3) is 0.714. The third-order valence-corrected chi connectivity index (χ3v) is 1.24. The number of hydrogen-bond acceptors (Lipinski definition) is 5. The Kier molecular flexibility index (Phi) is 4.46. The highest BCUT2D eigenvalue weighted by molar-refractivity contribution is 5.87. The van der Waals surface area contributed by atoms with Crippen molar-refractivity contribution in [2.75, 3.05) is 6.61 Å². The van der Waals surface area contributed by atoms with Crippen LogP contribution in [0.3, 0.4) is 0 Å². The van der Waals surface area contributed by atoms with Crippen LogP contribution >= 0.6 is 0 Å². The molecule has 0 fully saturated rings. The van der Waals surface area contributed by atoms with E-state index < -0.39 is 18.1 Å². The fourth-order valence-electron chi connectivity index (χ4n) is 0.405. The fourth-order valence-corrected chi connectivity index (χ4v) is 0.405. The summed E-state index contributed by atoms with van der Waals surface area (Å²) in [5, 5.41) is 0. The lowest BCUT2D eigenvalue weighted by atomic mass is 10.2. The van der Waals surface area contributed by atoms with E-state index in [1.807, 2.05) is 0 Å². The minimum Gasteiger partial charge on any atom is -0.456 e. The Bertz CT molecular complexity index is 157. The molecule has 0 spiro atoms. The third-order valence-electron chi connectivity index (χ3n) is 1.24. The standard InChI is InChI=1S/C7H14N2O3/c1-4(8)6(10)3-12-7(11)5(2)9/h4-5H,3,8-9H2,1-2H3. The van der Waals surface area contributed by atoms with Crippen molar-refractivity contribution in [3.8, 4) is 0 Å². The van der Waals surface area contributed by atoms with Gasteiger partial charge >= 0.3 is 5.97 Å². The summed E-state index contributed by atoms with van der Waals surface area (Å²) >= 11 is 0. The van der Waals surface area contributed by atoms with Crippen molar-refractivity contribution < 1.29 is 14.3 Å². The lowest BCUT2D eigenvalue weighted by molar-refractivity contribution is -0.149. The Hall–Kier alpha value is -0.940. The van der Waals surface area contributed by atoms with Gasteiger partial charge < -0.3 is 16.2 Å². The normalized spacial score (nSPS) is 15.0. The third kappa shape index (κ3) is 4.05. The summed E-state index contributed by atoms with van der Waals surface area (Å²) in [4.78, 5) is 21.6.